The van der Waals surface area contributed by atoms with Gasteiger partial charge in [0.05, 0.1) is 52.9 Å². The molecule has 0 unspecified atom stereocenters. The van der Waals surface area contributed by atoms with Gasteiger partial charge in [0.15, 0.2) is 0 Å². The minimum absolute atomic E-state index is 0.0841. The van der Waals surface area contributed by atoms with Crippen molar-refractivity contribution in [2.45, 2.75) is 20.3 Å². The molecule has 0 aromatic rings. The van der Waals surface area contributed by atoms with Crippen LogP contribution in [0.3, 0.4) is 0 Å². The van der Waals surface area contributed by atoms with E-state index >= 15 is 0 Å². The molecule has 2 N–H and O–H groups in total. The standard InChI is InChI=1S/C14H29NO5/c1-13(2)14(16)3-5-17-7-9-19-11-12-20-10-8-18-6-4-15/h13H,3-12,15H2,1-2H3. The molecule has 0 rings (SSSR count). The second-order valence-electron chi connectivity index (χ2n) is 4.61. The summed E-state index contributed by atoms with van der Waals surface area (Å²) in [6, 6.07) is 0. The normalized spacial score (nSPS) is 11.2. The third kappa shape index (κ3) is 13.9. The Balaban J connectivity index is 3.04. The molecule has 0 aliphatic heterocycles. The molecule has 0 bridgehead atoms. The lowest BCUT2D eigenvalue weighted by Crippen LogP contribution is -2.15. The average molecular weight is 291 g/mol. The number of hydrogen-bond donors (Lipinski definition) is 1. The Labute approximate surface area is 121 Å². The zero-order valence-electron chi connectivity index (χ0n) is 12.8. The number of carbonyl (C=O) groups is 1. The van der Waals surface area contributed by atoms with Crippen LogP contribution in [0.5, 0.6) is 0 Å². The minimum atomic E-state index is 0.0841. The first-order chi connectivity index (χ1) is 9.68. The molecule has 0 fully saturated rings. The fourth-order valence-corrected chi connectivity index (χ4v) is 1.31. The molecule has 0 aliphatic rings. The molecule has 0 atom stereocenters. The van der Waals surface area contributed by atoms with Gasteiger partial charge in [-0.2, -0.15) is 0 Å². The molecule has 0 saturated heterocycles. The molecule has 6 nitrogen and oxygen atoms in total. The lowest BCUT2D eigenvalue weighted by molar-refractivity contribution is -0.123. The Bertz CT molecular complexity index is 224. The summed E-state index contributed by atoms with van der Waals surface area (Å²) in [5.41, 5.74) is 5.27. The highest BCUT2D eigenvalue weighted by atomic mass is 16.6. The molecule has 0 heterocycles. The van der Waals surface area contributed by atoms with E-state index in [1.807, 2.05) is 13.8 Å². The molecular weight excluding hydrogens is 262 g/mol. The lowest BCUT2D eigenvalue weighted by atomic mass is 10.1. The zero-order valence-corrected chi connectivity index (χ0v) is 12.8. The number of rotatable bonds is 15. The maximum Gasteiger partial charge on any atom is 0.137 e. The van der Waals surface area contributed by atoms with Crippen molar-refractivity contribution in [1.82, 2.24) is 0 Å². The summed E-state index contributed by atoms with van der Waals surface area (Å²) in [5.74, 6) is 0.317. The van der Waals surface area contributed by atoms with Gasteiger partial charge in [0.2, 0.25) is 0 Å². The highest BCUT2D eigenvalue weighted by Gasteiger charge is 2.05. The van der Waals surface area contributed by atoms with Gasteiger partial charge in [-0.3, -0.25) is 4.79 Å². The molecule has 0 radical (unpaired) electrons. The molecule has 0 amide bonds. The van der Waals surface area contributed by atoms with Gasteiger partial charge in [-0.25, -0.2) is 0 Å². The fourth-order valence-electron chi connectivity index (χ4n) is 1.31. The van der Waals surface area contributed by atoms with E-state index in [0.29, 0.717) is 65.8 Å². The van der Waals surface area contributed by atoms with Crippen molar-refractivity contribution in [3.63, 3.8) is 0 Å². The van der Waals surface area contributed by atoms with Gasteiger partial charge in [0.1, 0.15) is 5.78 Å². The summed E-state index contributed by atoms with van der Waals surface area (Å²) in [6.07, 6.45) is 0.476. The smallest absolute Gasteiger partial charge is 0.137 e. The maximum atomic E-state index is 11.3. The second kappa shape index (κ2) is 14.9. The second-order valence-corrected chi connectivity index (χ2v) is 4.61. The van der Waals surface area contributed by atoms with Crippen molar-refractivity contribution in [2.24, 2.45) is 11.7 Å². The van der Waals surface area contributed by atoms with Gasteiger partial charge in [-0.1, -0.05) is 13.8 Å². The summed E-state index contributed by atoms with van der Waals surface area (Å²) in [5, 5.41) is 0. The van der Waals surface area contributed by atoms with Gasteiger partial charge in [0, 0.05) is 18.9 Å². The molecule has 6 heteroatoms. The average Bonchev–Trinajstić information content (AvgIpc) is 2.43. The predicted molar refractivity (Wildman–Crippen MR) is 76.8 cm³/mol. The van der Waals surface area contributed by atoms with Gasteiger partial charge in [-0.05, 0) is 0 Å². The van der Waals surface area contributed by atoms with Crippen LogP contribution in [0.1, 0.15) is 20.3 Å². The Kier molecular flexibility index (Phi) is 14.5. The van der Waals surface area contributed by atoms with E-state index in [4.69, 9.17) is 24.7 Å². The van der Waals surface area contributed by atoms with E-state index in [-0.39, 0.29) is 11.7 Å². The number of nitrogens with two attached hydrogens (primary N) is 1. The Morgan fingerprint density at radius 3 is 1.60 bits per heavy atom. The summed E-state index contributed by atoms with van der Waals surface area (Å²) in [4.78, 5) is 11.3. The molecule has 0 saturated carbocycles. The zero-order chi connectivity index (χ0) is 15.1. The van der Waals surface area contributed by atoms with E-state index in [0.717, 1.165) is 0 Å². The number of Topliss-reactive ketones (excluding diaryl/α,β-unsaturated/α-hetero) is 1. The molecule has 120 valence electrons. The van der Waals surface area contributed by atoms with Crippen LogP contribution in [0.4, 0.5) is 0 Å². The summed E-state index contributed by atoms with van der Waals surface area (Å²) < 4.78 is 21.1. The van der Waals surface area contributed by atoms with Crippen LogP contribution in [0, 0.1) is 5.92 Å². The van der Waals surface area contributed by atoms with Crippen LogP contribution in [-0.2, 0) is 23.7 Å². The van der Waals surface area contributed by atoms with Gasteiger partial charge < -0.3 is 24.7 Å². The van der Waals surface area contributed by atoms with Crippen molar-refractivity contribution in [3.05, 3.63) is 0 Å². The minimum Gasteiger partial charge on any atom is -0.379 e. The first-order valence-electron chi connectivity index (χ1n) is 7.22. The molecular formula is C14H29NO5. The Morgan fingerprint density at radius 2 is 1.20 bits per heavy atom. The quantitative estimate of drug-likeness (QED) is 0.446. The first kappa shape index (κ1) is 19.5. The van der Waals surface area contributed by atoms with Crippen LogP contribution in [0.25, 0.3) is 0 Å². The SMILES string of the molecule is CC(C)C(=O)CCOCCOCCOCCOCCN. The molecule has 0 aliphatic carbocycles. The van der Waals surface area contributed by atoms with Gasteiger partial charge in [0.25, 0.3) is 0 Å². The van der Waals surface area contributed by atoms with Crippen molar-refractivity contribution in [3.8, 4) is 0 Å². The monoisotopic (exact) mass is 291 g/mol. The number of carbonyl (C=O) groups excluding carboxylic acids is 1. The van der Waals surface area contributed by atoms with E-state index < -0.39 is 0 Å². The lowest BCUT2D eigenvalue weighted by Gasteiger charge is -2.07. The first-order valence-corrected chi connectivity index (χ1v) is 7.22. The third-order valence-corrected chi connectivity index (χ3v) is 2.51. The maximum absolute atomic E-state index is 11.3. The van der Waals surface area contributed by atoms with Crippen LogP contribution >= 0.6 is 0 Å². The van der Waals surface area contributed by atoms with Gasteiger partial charge >= 0.3 is 0 Å². The van der Waals surface area contributed by atoms with Crippen molar-refractivity contribution >= 4 is 5.78 Å². The summed E-state index contributed by atoms with van der Waals surface area (Å²) in [7, 11) is 0. The van der Waals surface area contributed by atoms with E-state index in [1.165, 1.54) is 0 Å². The largest absolute Gasteiger partial charge is 0.379 e. The molecule has 20 heavy (non-hydrogen) atoms. The number of ketones is 1. The van der Waals surface area contributed by atoms with Crippen molar-refractivity contribution < 1.29 is 23.7 Å². The summed E-state index contributed by atoms with van der Waals surface area (Å²) in [6.45, 7) is 8.56. The van der Waals surface area contributed by atoms with Gasteiger partial charge in [-0.15, -0.1) is 0 Å². The van der Waals surface area contributed by atoms with Crippen molar-refractivity contribution in [1.29, 1.82) is 0 Å². The van der Waals surface area contributed by atoms with E-state index in [9.17, 15) is 4.79 Å². The van der Waals surface area contributed by atoms with Crippen molar-refractivity contribution in [2.75, 3.05) is 59.4 Å². The topological polar surface area (TPSA) is 80.0 Å². The molecule has 0 aromatic heterocycles. The molecule has 0 aromatic carbocycles. The number of ether oxygens (including phenoxy) is 4. The van der Waals surface area contributed by atoms with E-state index in [1.54, 1.807) is 0 Å². The molecule has 0 spiro atoms. The predicted octanol–water partition coefficient (Wildman–Crippen LogP) is 0.627. The highest BCUT2D eigenvalue weighted by Crippen LogP contribution is 1.98. The van der Waals surface area contributed by atoms with Crippen LogP contribution in [-0.4, -0.2) is 65.2 Å². The Hall–Kier alpha value is -0.530. The Morgan fingerprint density at radius 1 is 0.800 bits per heavy atom. The van der Waals surface area contributed by atoms with Crippen LogP contribution < -0.4 is 5.73 Å². The highest BCUT2D eigenvalue weighted by molar-refractivity contribution is 5.80. The third-order valence-electron chi connectivity index (χ3n) is 2.51. The van der Waals surface area contributed by atoms with E-state index in [2.05, 4.69) is 0 Å². The van der Waals surface area contributed by atoms with Crippen LogP contribution in [0.2, 0.25) is 0 Å². The summed E-state index contributed by atoms with van der Waals surface area (Å²) >= 11 is 0. The fraction of sp³-hybridized carbons (Fsp3) is 0.929. The number of hydrogen-bond acceptors (Lipinski definition) is 6. The van der Waals surface area contributed by atoms with Crippen LogP contribution in [0.15, 0.2) is 0 Å².